The highest BCUT2D eigenvalue weighted by molar-refractivity contribution is 5.95. The molecule has 1 fully saturated rings. The number of amides is 1. The van der Waals surface area contributed by atoms with E-state index in [0.29, 0.717) is 0 Å². The van der Waals surface area contributed by atoms with Crippen LogP contribution < -0.4 is 10.6 Å². The second-order valence-corrected chi connectivity index (χ2v) is 5.43. The van der Waals surface area contributed by atoms with Gasteiger partial charge in [0.25, 0.3) is 0 Å². The molecule has 4 nitrogen and oxygen atoms in total. The van der Waals surface area contributed by atoms with Crippen LogP contribution in [0, 0.1) is 12.3 Å². The maximum Gasteiger partial charge on any atom is 0.230 e. The molecule has 4 heteroatoms. The third kappa shape index (κ3) is 3.13. The number of nitrogens with zero attached hydrogens (tertiary/aromatic N) is 1. The van der Waals surface area contributed by atoms with E-state index in [4.69, 9.17) is 0 Å². The van der Waals surface area contributed by atoms with E-state index in [9.17, 15) is 4.79 Å². The van der Waals surface area contributed by atoms with Gasteiger partial charge in [0, 0.05) is 18.1 Å². The number of aromatic nitrogens is 1. The van der Waals surface area contributed by atoms with E-state index in [1.54, 1.807) is 12.4 Å². The molecule has 0 spiro atoms. The zero-order valence-corrected chi connectivity index (χ0v) is 11.8. The SMILES string of the molecule is CCCC1(C(=O)Nc2ccncc2C)CCNCC1. The Morgan fingerprint density at radius 1 is 1.47 bits per heavy atom. The van der Waals surface area contributed by atoms with Gasteiger partial charge in [-0.15, -0.1) is 0 Å². The molecule has 1 amide bonds. The fourth-order valence-electron chi connectivity index (χ4n) is 2.84. The lowest BCUT2D eigenvalue weighted by atomic mass is 9.74. The molecule has 19 heavy (non-hydrogen) atoms. The van der Waals surface area contributed by atoms with Crippen LogP contribution in [0.3, 0.4) is 0 Å². The number of hydrogen-bond donors (Lipinski definition) is 2. The summed E-state index contributed by atoms with van der Waals surface area (Å²) in [6, 6.07) is 1.87. The Morgan fingerprint density at radius 3 is 2.84 bits per heavy atom. The maximum absolute atomic E-state index is 12.7. The Balaban J connectivity index is 2.14. The van der Waals surface area contributed by atoms with Gasteiger partial charge >= 0.3 is 0 Å². The van der Waals surface area contributed by atoms with Gasteiger partial charge in [-0.2, -0.15) is 0 Å². The van der Waals surface area contributed by atoms with Crippen LogP contribution in [0.2, 0.25) is 0 Å². The van der Waals surface area contributed by atoms with Gasteiger partial charge in [0.1, 0.15) is 0 Å². The van der Waals surface area contributed by atoms with Crippen molar-refractivity contribution in [1.29, 1.82) is 0 Å². The van der Waals surface area contributed by atoms with Crippen molar-refractivity contribution in [2.24, 2.45) is 5.41 Å². The summed E-state index contributed by atoms with van der Waals surface area (Å²) < 4.78 is 0. The molecule has 2 heterocycles. The minimum atomic E-state index is -0.199. The standard InChI is InChI=1S/C15H23N3O/c1-3-5-15(6-9-16-10-7-15)14(19)18-13-4-8-17-11-12(13)2/h4,8,11,16H,3,5-7,9-10H2,1-2H3,(H,17,18,19). The molecule has 2 rings (SSSR count). The zero-order valence-electron chi connectivity index (χ0n) is 11.8. The van der Waals surface area contributed by atoms with Gasteiger partial charge in [0.15, 0.2) is 0 Å². The number of nitrogens with one attached hydrogen (secondary N) is 2. The summed E-state index contributed by atoms with van der Waals surface area (Å²) in [5, 5.41) is 6.44. The molecular weight excluding hydrogens is 238 g/mol. The van der Waals surface area contributed by atoms with Crippen molar-refractivity contribution in [2.75, 3.05) is 18.4 Å². The Kier molecular flexibility index (Phi) is 4.53. The van der Waals surface area contributed by atoms with E-state index in [0.717, 1.165) is 50.0 Å². The molecule has 0 radical (unpaired) electrons. The zero-order chi connectivity index (χ0) is 13.7. The normalized spacial score (nSPS) is 18.0. The number of anilines is 1. The molecular formula is C15H23N3O. The average Bonchev–Trinajstić information content (AvgIpc) is 2.42. The minimum absolute atomic E-state index is 0.171. The van der Waals surface area contributed by atoms with E-state index in [1.165, 1.54) is 0 Å². The first-order valence-electron chi connectivity index (χ1n) is 7.11. The Morgan fingerprint density at radius 2 is 2.21 bits per heavy atom. The molecule has 0 unspecified atom stereocenters. The molecule has 1 aliphatic rings. The molecule has 1 aromatic rings. The number of carbonyl (C=O) groups is 1. The molecule has 104 valence electrons. The summed E-state index contributed by atoms with van der Waals surface area (Å²) in [5.41, 5.74) is 1.70. The smallest absolute Gasteiger partial charge is 0.230 e. The van der Waals surface area contributed by atoms with Gasteiger partial charge in [0.05, 0.1) is 5.41 Å². The van der Waals surface area contributed by atoms with Crippen molar-refractivity contribution >= 4 is 11.6 Å². The van der Waals surface area contributed by atoms with E-state index in [-0.39, 0.29) is 11.3 Å². The van der Waals surface area contributed by atoms with Crippen LogP contribution in [0.1, 0.15) is 38.2 Å². The lowest BCUT2D eigenvalue weighted by Crippen LogP contribution is -2.44. The molecule has 1 saturated heterocycles. The Bertz CT molecular complexity index is 433. The van der Waals surface area contributed by atoms with Crippen molar-refractivity contribution in [1.82, 2.24) is 10.3 Å². The van der Waals surface area contributed by atoms with Crippen LogP contribution in [0.5, 0.6) is 0 Å². The van der Waals surface area contributed by atoms with Crippen molar-refractivity contribution in [3.05, 3.63) is 24.0 Å². The third-order valence-corrected chi connectivity index (χ3v) is 4.04. The Hall–Kier alpha value is -1.42. The van der Waals surface area contributed by atoms with Crippen LogP contribution in [0.4, 0.5) is 5.69 Å². The fraction of sp³-hybridized carbons (Fsp3) is 0.600. The first-order valence-corrected chi connectivity index (χ1v) is 7.11. The summed E-state index contributed by atoms with van der Waals surface area (Å²) in [5.74, 6) is 0.171. The number of rotatable bonds is 4. The van der Waals surface area contributed by atoms with Crippen molar-refractivity contribution in [3.63, 3.8) is 0 Å². The highest BCUT2D eigenvalue weighted by Crippen LogP contribution is 2.35. The molecule has 0 saturated carbocycles. The average molecular weight is 261 g/mol. The molecule has 0 aromatic carbocycles. The van der Waals surface area contributed by atoms with Crippen molar-refractivity contribution in [2.45, 2.75) is 39.5 Å². The summed E-state index contributed by atoms with van der Waals surface area (Å²) in [4.78, 5) is 16.7. The number of pyridine rings is 1. The van der Waals surface area contributed by atoms with Crippen LogP contribution in [-0.2, 0) is 4.79 Å². The summed E-state index contributed by atoms with van der Waals surface area (Å²) >= 11 is 0. The van der Waals surface area contributed by atoms with Crippen molar-refractivity contribution < 1.29 is 4.79 Å². The van der Waals surface area contributed by atoms with E-state index < -0.39 is 0 Å². The molecule has 0 aliphatic carbocycles. The summed E-state index contributed by atoms with van der Waals surface area (Å²) in [7, 11) is 0. The largest absolute Gasteiger partial charge is 0.325 e. The van der Waals surface area contributed by atoms with Crippen LogP contribution in [-0.4, -0.2) is 24.0 Å². The third-order valence-electron chi connectivity index (χ3n) is 4.04. The molecule has 0 atom stereocenters. The highest BCUT2D eigenvalue weighted by atomic mass is 16.2. The monoisotopic (exact) mass is 261 g/mol. The number of aryl methyl sites for hydroxylation is 1. The predicted octanol–water partition coefficient (Wildman–Crippen LogP) is 2.50. The molecule has 1 aliphatic heterocycles. The van der Waals surface area contributed by atoms with Gasteiger partial charge in [-0.25, -0.2) is 0 Å². The van der Waals surface area contributed by atoms with Crippen LogP contribution in [0.25, 0.3) is 0 Å². The first-order chi connectivity index (χ1) is 9.18. The van der Waals surface area contributed by atoms with Gasteiger partial charge in [0.2, 0.25) is 5.91 Å². The summed E-state index contributed by atoms with van der Waals surface area (Å²) in [6.45, 7) is 5.98. The fourth-order valence-corrected chi connectivity index (χ4v) is 2.84. The van der Waals surface area contributed by atoms with Crippen LogP contribution >= 0.6 is 0 Å². The quantitative estimate of drug-likeness (QED) is 0.875. The van der Waals surface area contributed by atoms with E-state index in [2.05, 4.69) is 22.5 Å². The predicted molar refractivity (Wildman–Crippen MR) is 77.0 cm³/mol. The molecule has 1 aromatic heterocycles. The number of carbonyl (C=O) groups excluding carboxylic acids is 1. The van der Waals surface area contributed by atoms with Crippen molar-refractivity contribution in [3.8, 4) is 0 Å². The van der Waals surface area contributed by atoms with Gasteiger partial charge in [-0.3, -0.25) is 9.78 Å². The highest BCUT2D eigenvalue weighted by Gasteiger charge is 2.38. The minimum Gasteiger partial charge on any atom is -0.325 e. The maximum atomic E-state index is 12.7. The lowest BCUT2D eigenvalue weighted by molar-refractivity contribution is -0.127. The topological polar surface area (TPSA) is 54.0 Å². The molecule has 2 N–H and O–H groups in total. The lowest BCUT2D eigenvalue weighted by Gasteiger charge is -2.36. The number of hydrogen-bond acceptors (Lipinski definition) is 3. The Labute approximate surface area is 115 Å². The van der Waals surface area contributed by atoms with Gasteiger partial charge in [-0.05, 0) is 50.9 Å². The summed E-state index contributed by atoms with van der Waals surface area (Å²) in [6.07, 6.45) is 7.36. The van der Waals surface area contributed by atoms with Crippen LogP contribution in [0.15, 0.2) is 18.5 Å². The first kappa shape index (κ1) is 14.0. The number of piperidine rings is 1. The second kappa shape index (κ2) is 6.15. The van der Waals surface area contributed by atoms with Gasteiger partial charge in [-0.1, -0.05) is 13.3 Å². The van der Waals surface area contributed by atoms with Gasteiger partial charge < -0.3 is 10.6 Å². The second-order valence-electron chi connectivity index (χ2n) is 5.43. The molecule has 0 bridgehead atoms. The van der Waals surface area contributed by atoms with E-state index in [1.807, 2.05) is 13.0 Å². The van der Waals surface area contributed by atoms with E-state index >= 15 is 0 Å².